The number of hydrogen-bond acceptors (Lipinski definition) is 6. The maximum atomic E-state index is 14.4. The van der Waals surface area contributed by atoms with E-state index in [0.29, 0.717) is 11.4 Å². The second kappa shape index (κ2) is 11.7. The number of aliphatic hydroxyl groups is 1. The predicted octanol–water partition coefficient (Wildman–Crippen LogP) is 4.99. The zero-order chi connectivity index (χ0) is 27.4. The fourth-order valence-corrected chi connectivity index (χ4v) is 4.09. The van der Waals surface area contributed by atoms with E-state index in [0.717, 1.165) is 18.2 Å². The first-order valence-corrected chi connectivity index (χ1v) is 11.9. The van der Waals surface area contributed by atoms with E-state index >= 15 is 0 Å². The Kier molecular flexibility index (Phi) is 8.32. The molecule has 4 rings (SSSR count). The van der Waals surface area contributed by atoms with Crippen LogP contribution in [-0.2, 0) is 13.7 Å². The molecular weight excluding hydrogens is 525 g/mol. The molecule has 0 bridgehead atoms. The van der Waals surface area contributed by atoms with Gasteiger partial charge in [0, 0.05) is 43.0 Å². The highest BCUT2D eigenvalue weighted by molar-refractivity contribution is 6.31. The van der Waals surface area contributed by atoms with Crippen LogP contribution in [0.15, 0.2) is 42.9 Å². The molecule has 0 fully saturated rings. The smallest absolute Gasteiger partial charge is 0.322 e. The fraction of sp³-hybridized carbons (Fsp3) is 0.280. The molecule has 4 aromatic rings. The number of nitrogens with zero attached hydrogens (tertiary/aromatic N) is 5. The third-order valence-corrected chi connectivity index (χ3v) is 6.10. The van der Waals surface area contributed by atoms with Gasteiger partial charge in [0.2, 0.25) is 5.88 Å². The lowest BCUT2D eigenvalue weighted by Gasteiger charge is -2.30. The molecule has 1 unspecified atom stereocenters. The SMILES string of the molecule is CC(c1cnc(OCc2ncn(C)n2)c2cc(F)c(F)cc12)N(CCCO)C(=O)Nc1ccc(F)c(Cl)c1. The van der Waals surface area contributed by atoms with Crippen molar-refractivity contribution in [3.63, 3.8) is 0 Å². The number of aromatic nitrogens is 4. The summed E-state index contributed by atoms with van der Waals surface area (Å²) in [7, 11) is 1.70. The summed E-state index contributed by atoms with van der Waals surface area (Å²) in [5, 5.41) is 16.5. The van der Waals surface area contributed by atoms with E-state index in [9.17, 15) is 23.1 Å². The van der Waals surface area contributed by atoms with E-state index in [1.165, 1.54) is 34.2 Å². The minimum atomic E-state index is -1.09. The molecular formula is C25H24ClF3N6O3. The number of benzene rings is 2. The number of carbonyl (C=O) groups is 1. The van der Waals surface area contributed by atoms with Gasteiger partial charge in [0.1, 0.15) is 12.1 Å². The van der Waals surface area contributed by atoms with Gasteiger partial charge in [-0.15, -0.1) is 0 Å². The number of ether oxygens (including phenoxy) is 1. The summed E-state index contributed by atoms with van der Waals surface area (Å²) in [4.78, 5) is 23.0. The third kappa shape index (κ3) is 5.97. The maximum Gasteiger partial charge on any atom is 0.322 e. The number of rotatable bonds is 9. The third-order valence-electron chi connectivity index (χ3n) is 5.81. The first-order chi connectivity index (χ1) is 18.2. The molecule has 2 aromatic carbocycles. The van der Waals surface area contributed by atoms with E-state index in [-0.39, 0.29) is 53.5 Å². The number of fused-ring (bicyclic) bond motifs is 1. The van der Waals surface area contributed by atoms with Crippen LogP contribution in [0.4, 0.5) is 23.7 Å². The Labute approximate surface area is 220 Å². The lowest BCUT2D eigenvalue weighted by molar-refractivity contribution is 0.182. The highest BCUT2D eigenvalue weighted by Gasteiger charge is 2.25. The minimum absolute atomic E-state index is 0.0367. The highest BCUT2D eigenvalue weighted by atomic mass is 35.5. The van der Waals surface area contributed by atoms with Gasteiger partial charge in [0.05, 0.1) is 11.1 Å². The van der Waals surface area contributed by atoms with E-state index in [1.807, 2.05) is 0 Å². The second-order valence-corrected chi connectivity index (χ2v) is 8.87. The molecule has 1 atom stereocenters. The van der Waals surface area contributed by atoms with Crippen molar-refractivity contribution < 1.29 is 27.8 Å². The number of halogens is 4. The second-order valence-electron chi connectivity index (χ2n) is 8.46. The molecule has 0 aliphatic heterocycles. The van der Waals surface area contributed by atoms with Crippen molar-refractivity contribution in [3.8, 4) is 5.88 Å². The molecule has 2 amide bonds. The highest BCUT2D eigenvalue weighted by Crippen LogP contribution is 2.34. The van der Waals surface area contributed by atoms with E-state index in [1.54, 1.807) is 14.0 Å². The van der Waals surface area contributed by atoms with Crippen molar-refractivity contribution in [1.29, 1.82) is 0 Å². The van der Waals surface area contributed by atoms with Gasteiger partial charge < -0.3 is 20.1 Å². The number of anilines is 1. The molecule has 2 heterocycles. The van der Waals surface area contributed by atoms with Gasteiger partial charge in [-0.05, 0) is 49.1 Å². The summed E-state index contributed by atoms with van der Waals surface area (Å²) < 4.78 is 49.4. The zero-order valence-electron chi connectivity index (χ0n) is 20.5. The van der Waals surface area contributed by atoms with Crippen LogP contribution in [0.5, 0.6) is 5.88 Å². The number of urea groups is 1. The van der Waals surface area contributed by atoms with Crippen molar-refractivity contribution >= 4 is 34.1 Å². The fourth-order valence-electron chi connectivity index (χ4n) is 3.91. The Morgan fingerprint density at radius 3 is 2.55 bits per heavy atom. The Hall–Kier alpha value is -3.90. The summed E-state index contributed by atoms with van der Waals surface area (Å²) in [5.74, 6) is -2.40. The van der Waals surface area contributed by atoms with Gasteiger partial charge in [0.15, 0.2) is 24.1 Å². The van der Waals surface area contributed by atoms with Crippen LogP contribution in [0.25, 0.3) is 10.8 Å². The largest absolute Gasteiger partial charge is 0.469 e. The van der Waals surface area contributed by atoms with Crippen LogP contribution < -0.4 is 10.1 Å². The van der Waals surface area contributed by atoms with Crippen LogP contribution in [-0.4, -0.2) is 48.9 Å². The number of pyridine rings is 1. The van der Waals surface area contributed by atoms with Gasteiger partial charge in [-0.3, -0.25) is 4.68 Å². The van der Waals surface area contributed by atoms with Crippen molar-refractivity contribution in [1.82, 2.24) is 24.6 Å². The van der Waals surface area contributed by atoms with Gasteiger partial charge in [-0.1, -0.05) is 11.6 Å². The molecule has 0 radical (unpaired) electrons. The molecule has 9 nitrogen and oxygen atoms in total. The van der Waals surface area contributed by atoms with Crippen molar-refractivity contribution in [2.75, 3.05) is 18.5 Å². The summed E-state index contributed by atoms with van der Waals surface area (Å²) in [6, 6.07) is 4.45. The lowest BCUT2D eigenvalue weighted by Crippen LogP contribution is -2.38. The van der Waals surface area contributed by atoms with E-state index in [4.69, 9.17) is 16.3 Å². The average Bonchev–Trinajstić information content (AvgIpc) is 3.30. The Balaban J connectivity index is 1.68. The summed E-state index contributed by atoms with van der Waals surface area (Å²) >= 11 is 5.82. The quantitative estimate of drug-likeness (QED) is 0.305. The number of carbonyl (C=O) groups excluding carboxylic acids is 1. The predicted molar refractivity (Wildman–Crippen MR) is 134 cm³/mol. The zero-order valence-corrected chi connectivity index (χ0v) is 21.2. The summed E-state index contributed by atoms with van der Waals surface area (Å²) in [5.41, 5.74) is 0.665. The average molecular weight is 549 g/mol. The topological polar surface area (TPSA) is 105 Å². The van der Waals surface area contributed by atoms with Crippen molar-refractivity contribution in [3.05, 3.63) is 76.7 Å². The standard InChI is InChI=1S/C25H24ClF3N6O3/c1-14(35(6-3-7-36)25(37)32-15-4-5-20(27)19(26)8-15)18-11-30-24(38-12-23-31-13-34(2)33-23)17-10-22(29)21(28)9-16(17)18/h4-5,8-11,13-14,36H,3,6-7,12H2,1-2H3,(H,32,37). The molecule has 0 aliphatic carbocycles. The van der Waals surface area contributed by atoms with Gasteiger partial charge in [-0.25, -0.2) is 27.9 Å². The first-order valence-electron chi connectivity index (χ1n) is 11.6. The molecule has 13 heteroatoms. The van der Waals surface area contributed by atoms with Crippen LogP contribution in [0, 0.1) is 17.5 Å². The molecule has 2 aromatic heterocycles. The molecule has 200 valence electrons. The Morgan fingerprint density at radius 1 is 1.16 bits per heavy atom. The van der Waals surface area contributed by atoms with Crippen molar-refractivity contribution in [2.24, 2.45) is 7.05 Å². The molecule has 0 saturated heterocycles. The normalized spacial score (nSPS) is 12.0. The molecule has 0 aliphatic rings. The van der Waals surface area contributed by atoms with Crippen LogP contribution in [0.2, 0.25) is 5.02 Å². The number of aryl methyl sites for hydroxylation is 1. The van der Waals surface area contributed by atoms with Crippen LogP contribution >= 0.6 is 11.6 Å². The molecule has 0 spiro atoms. The van der Waals surface area contributed by atoms with Gasteiger partial charge in [-0.2, -0.15) is 5.10 Å². The number of amides is 2. The maximum absolute atomic E-state index is 14.4. The van der Waals surface area contributed by atoms with Gasteiger partial charge in [0.25, 0.3) is 0 Å². The Bertz CT molecular complexity index is 1470. The number of aliphatic hydroxyl groups excluding tert-OH is 1. The summed E-state index contributed by atoms with van der Waals surface area (Å²) in [6.45, 7) is 1.56. The molecule has 2 N–H and O–H groups in total. The molecule has 0 saturated carbocycles. The van der Waals surface area contributed by atoms with Crippen LogP contribution in [0.3, 0.4) is 0 Å². The van der Waals surface area contributed by atoms with Crippen molar-refractivity contribution in [2.45, 2.75) is 26.0 Å². The minimum Gasteiger partial charge on any atom is -0.469 e. The number of nitrogens with one attached hydrogen (secondary N) is 1. The van der Waals surface area contributed by atoms with Crippen LogP contribution in [0.1, 0.15) is 30.8 Å². The monoisotopic (exact) mass is 548 g/mol. The first kappa shape index (κ1) is 27.1. The number of hydrogen-bond donors (Lipinski definition) is 2. The van der Waals surface area contributed by atoms with E-state index in [2.05, 4.69) is 20.4 Å². The lowest BCUT2D eigenvalue weighted by atomic mass is 10.0. The van der Waals surface area contributed by atoms with Gasteiger partial charge >= 0.3 is 6.03 Å². The summed E-state index contributed by atoms with van der Waals surface area (Å²) in [6.07, 6.45) is 3.16. The Morgan fingerprint density at radius 2 is 1.89 bits per heavy atom. The van der Waals surface area contributed by atoms with E-state index < -0.39 is 29.5 Å². The molecule has 38 heavy (non-hydrogen) atoms.